The second kappa shape index (κ2) is 7.82. The second-order valence-electron chi connectivity index (χ2n) is 2.32. The fraction of sp³-hybridized carbons (Fsp3) is 0.750. The summed E-state index contributed by atoms with van der Waals surface area (Å²) in [6, 6.07) is 0. The summed E-state index contributed by atoms with van der Waals surface area (Å²) in [6.07, 6.45) is 1.70. The molecule has 0 aromatic rings. The van der Waals surface area contributed by atoms with E-state index in [1.54, 1.807) is 27.0 Å². The van der Waals surface area contributed by atoms with Gasteiger partial charge in [-0.2, -0.15) is 0 Å². The Morgan fingerprint density at radius 2 is 1.86 bits per heavy atom. The molecule has 84 valence electrons. The summed E-state index contributed by atoms with van der Waals surface area (Å²) < 4.78 is 27.7. The average molecular weight is 334 g/mol. The molecular weight excluding hydrogens is 318 g/mol. The molecule has 0 aromatic heterocycles. The SMILES string of the molecule is CCOP(=O)(OCC)/C(I)=C/COC. The fourth-order valence-corrected chi connectivity index (χ4v) is 3.08. The topological polar surface area (TPSA) is 44.8 Å². The highest BCUT2D eigenvalue weighted by Gasteiger charge is 2.27. The molecule has 0 aliphatic rings. The van der Waals surface area contributed by atoms with Gasteiger partial charge in [-0.25, -0.2) is 0 Å². The molecule has 0 unspecified atom stereocenters. The maximum absolute atomic E-state index is 12.0. The summed E-state index contributed by atoms with van der Waals surface area (Å²) in [5.74, 6) is 0. The minimum Gasteiger partial charge on any atom is -0.381 e. The predicted molar refractivity (Wildman–Crippen MR) is 64.8 cm³/mol. The molecular formula is C8H16IO4P. The highest BCUT2D eigenvalue weighted by atomic mass is 127. The van der Waals surface area contributed by atoms with Crippen LogP contribution in [0.1, 0.15) is 13.8 Å². The molecule has 0 rings (SSSR count). The Kier molecular flexibility index (Phi) is 8.14. The molecule has 0 radical (unpaired) electrons. The van der Waals surface area contributed by atoms with Gasteiger partial charge < -0.3 is 13.8 Å². The Balaban J connectivity index is 4.54. The van der Waals surface area contributed by atoms with Crippen molar-refractivity contribution in [3.63, 3.8) is 0 Å². The van der Waals surface area contributed by atoms with Crippen molar-refractivity contribution in [3.05, 3.63) is 9.40 Å². The highest BCUT2D eigenvalue weighted by Crippen LogP contribution is 2.58. The van der Waals surface area contributed by atoms with E-state index in [0.29, 0.717) is 23.1 Å². The number of methoxy groups -OCH3 is 1. The van der Waals surface area contributed by atoms with Crippen LogP contribution in [0.2, 0.25) is 0 Å². The van der Waals surface area contributed by atoms with Crippen molar-refractivity contribution in [2.75, 3.05) is 26.9 Å². The lowest BCUT2D eigenvalue weighted by Gasteiger charge is -2.16. The normalized spacial score (nSPS) is 13.3. The second-order valence-corrected chi connectivity index (χ2v) is 6.32. The van der Waals surface area contributed by atoms with Gasteiger partial charge in [0.1, 0.15) is 3.32 Å². The summed E-state index contributed by atoms with van der Waals surface area (Å²) in [4.78, 5) is 0. The van der Waals surface area contributed by atoms with E-state index in [1.165, 1.54) is 0 Å². The molecule has 0 aromatic carbocycles. The molecule has 0 saturated heterocycles. The molecule has 0 heterocycles. The fourth-order valence-electron chi connectivity index (χ4n) is 0.764. The molecule has 4 nitrogen and oxygen atoms in total. The van der Waals surface area contributed by atoms with Gasteiger partial charge in [0.25, 0.3) is 0 Å². The summed E-state index contributed by atoms with van der Waals surface area (Å²) in [5, 5.41) is 0. The van der Waals surface area contributed by atoms with E-state index in [-0.39, 0.29) is 0 Å². The quantitative estimate of drug-likeness (QED) is 0.530. The van der Waals surface area contributed by atoms with E-state index in [1.807, 2.05) is 22.6 Å². The smallest absolute Gasteiger partial charge is 0.367 e. The number of rotatable bonds is 7. The maximum atomic E-state index is 12.0. The summed E-state index contributed by atoms with van der Waals surface area (Å²) in [7, 11) is -1.50. The molecule has 0 spiro atoms. The zero-order valence-corrected chi connectivity index (χ0v) is 11.7. The molecule has 0 aliphatic heterocycles. The summed E-state index contributed by atoms with van der Waals surface area (Å²) in [6.45, 7) is 4.70. The van der Waals surface area contributed by atoms with Crippen LogP contribution < -0.4 is 0 Å². The van der Waals surface area contributed by atoms with Crippen LogP contribution in [-0.4, -0.2) is 26.9 Å². The third-order valence-electron chi connectivity index (χ3n) is 1.28. The first kappa shape index (κ1) is 14.6. The molecule has 0 aliphatic carbocycles. The maximum Gasteiger partial charge on any atom is 0.367 e. The highest BCUT2D eigenvalue weighted by molar-refractivity contribution is 14.1. The van der Waals surface area contributed by atoms with Gasteiger partial charge in [0.15, 0.2) is 0 Å². The number of ether oxygens (including phenoxy) is 1. The number of halogens is 1. The molecule has 0 saturated carbocycles. The van der Waals surface area contributed by atoms with Crippen molar-refractivity contribution in [1.82, 2.24) is 0 Å². The average Bonchev–Trinajstić information content (AvgIpc) is 2.15. The van der Waals surface area contributed by atoms with E-state index in [0.717, 1.165) is 0 Å². The minimum absolute atomic E-state index is 0.366. The summed E-state index contributed by atoms with van der Waals surface area (Å²) in [5.41, 5.74) is 0. The molecule has 0 bridgehead atoms. The zero-order valence-electron chi connectivity index (χ0n) is 8.66. The molecule has 0 amide bonds. The van der Waals surface area contributed by atoms with Gasteiger partial charge in [-0.1, -0.05) is 0 Å². The number of hydrogen-bond donors (Lipinski definition) is 0. The van der Waals surface area contributed by atoms with Crippen molar-refractivity contribution >= 4 is 30.2 Å². The largest absolute Gasteiger partial charge is 0.381 e. The van der Waals surface area contributed by atoms with E-state index < -0.39 is 7.60 Å². The zero-order chi connectivity index (χ0) is 11.0. The Morgan fingerprint density at radius 1 is 1.36 bits per heavy atom. The van der Waals surface area contributed by atoms with Crippen LogP contribution in [0.25, 0.3) is 0 Å². The van der Waals surface area contributed by atoms with Crippen LogP contribution in [0.15, 0.2) is 9.40 Å². The monoisotopic (exact) mass is 334 g/mol. The Labute approximate surface area is 98.7 Å². The van der Waals surface area contributed by atoms with Gasteiger partial charge in [0.05, 0.1) is 19.8 Å². The summed E-state index contributed by atoms with van der Waals surface area (Å²) >= 11 is 1.96. The van der Waals surface area contributed by atoms with Gasteiger partial charge in [-0.15, -0.1) is 0 Å². The van der Waals surface area contributed by atoms with Crippen molar-refractivity contribution in [2.24, 2.45) is 0 Å². The van der Waals surface area contributed by atoms with Crippen LogP contribution in [0.4, 0.5) is 0 Å². The lowest BCUT2D eigenvalue weighted by Crippen LogP contribution is -1.96. The van der Waals surface area contributed by atoms with Crippen LogP contribution in [-0.2, 0) is 18.3 Å². The lowest BCUT2D eigenvalue weighted by molar-refractivity contribution is 0.224. The molecule has 0 fully saturated rings. The van der Waals surface area contributed by atoms with E-state index in [9.17, 15) is 4.57 Å². The first-order chi connectivity index (χ1) is 6.60. The number of hydrogen-bond acceptors (Lipinski definition) is 4. The standard InChI is InChI=1S/C8H16IO4P/c1-4-12-14(10,13-5-2)8(9)6-7-11-3/h6H,4-5,7H2,1-3H3/b8-6+. The van der Waals surface area contributed by atoms with Crippen LogP contribution >= 0.6 is 30.2 Å². The molecule has 14 heavy (non-hydrogen) atoms. The van der Waals surface area contributed by atoms with Crippen molar-refractivity contribution in [1.29, 1.82) is 0 Å². The van der Waals surface area contributed by atoms with Crippen LogP contribution in [0, 0.1) is 0 Å². The van der Waals surface area contributed by atoms with Crippen LogP contribution in [0.5, 0.6) is 0 Å². The van der Waals surface area contributed by atoms with Gasteiger partial charge in [-0.3, -0.25) is 4.57 Å². The van der Waals surface area contributed by atoms with Gasteiger partial charge in [0.2, 0.25) is 0 Å². The molecule has 0 atom stereocenters. The molecule has 6 heteroatoms. The Morgan fingerprint density at radius 3 is 2.21 bits per heavy atom. The van der Waals surface area contributed by atoms with E-state index >= 15 is 0 Å². The van der Waals surface area contributed by atoms with Crippen molar-refractivity contribution in [2.45, 2.75) is 13.8 Å². The van der Waals surface area contributed by atoms with Gasteiger partial charge in [0, 0.05) is 7.11 Å². The third-order valence-corrected chi connectivity index (χ3v) is 5.39. The van der Waals surface area contributed by atoms with Crippen molar-refractivity contribution in [3.8, 4) is 0 Å². The van der Waals surface area contributed by atoms with E-state index in [2.05, 4.69) is 0 Å². The Bertz CT molecular complexity index is 219. The van der Waals surface area contributed by atoms with Gasteiger partial charge in [-0.05, 0) is 42.5 Å². The molecule has 0 N–H and O–H groups in total. The predicted octanol–water partition coefficient (Wildman–Crippen LogP) is 3.18. The van der Waals surface area contributed by atoms with Crippen LogP contribution in [0.3, 0.4) is 0 Å². The lowest BCUT2D eigenvalue weighted by atomic mass is 10.7. The third kappa shape index (κ3) is 4.89. The minimum atomic E-state index is -3.07. The Hall–Kier alpha value is 0.580. The van der Waals surface area contributed by atoms with E-state index in [4.69, 9.17) is 13.8 Å². The first-order valence-corrected chi connectivity index (χ1v) is 6.97. The van der Waals surface area contributed by atoms with Crippen molar-refractivity contribution < 1.29 is 18.3 Å². The first-order valence-electron chi connectivity index (χ1n) is 4.35. The van der Waals surface area contributed by atoms with Gasteiger partial charge >= 0.3 is 7.60 Å².